The highest BCUT2D eigenvalue weighted by Crippen LogP contribution is 2.26. The quantitative estimate of drug-likeness (QED) is 0.909. The molecule has 0 aliphatic rings. The normalized spacial score (nSPS) is 10.7. The Kier molecular flexibility index (Phi) is 4.60. The number of aryl methyl sites for hydroxylation is 2. The molecular formula is C11H14ClN5OS. The lowest BCUT2D eigenvalue weighted by atomic mass is 10.4. The molecule has 102 valence electrons. The SMILES string of the molecule is CCCNc1nc(Cl)nc(Sc2nc(C)c(C)o2)n1. The predicted molar refractivity (Wildman–Crippen MR) is 73.7 cm³/mol. The van der Waals surface area contributed by atoms with Crippen LogP contribution in [-0.2, 0) is 0 Å². The molecule has 2 aromatic heterocycles. The van der Waals surface area contributed by atoms with Crippen LogP contribution in [0.1, 0.15) is 24.8 Å². The van der Waals surface area contributed by atoms with E-state index in [0.29, 0.717) is 16.3 Å². The molecule has 8 heteroatoms. The van der Waals surface area contributed by atoms with Crippen molar-refractivity contribution in [2.75, 3.05) is 11.9 Å². The third-order valence-corrected chi connectivity index (χ3v) is 3.19. The van der Waals surface area contributed by atoms with E-state index in [1.165, 1.54) is 11.8 Å². The Bertz CT molecular complexity index is 555. The zero-order valence-electron chi connectivity index (χ0n) is 10.9. The van der Waals surface area contributed by atoms with Crippen LogP contribution in [0, 0.1) is 13.8 Å². The Balaban J connectivity index is 2.17. The minimum atomic E-state index is 0.149. The van der Waals surface area contributed by atoms with E-state index >= 15 is 0 Å². The number of anilines is 1. The number of nitrogens with zero attached hydrogens (tertiary/aromatic N) is 4. The number of halogens is 1. The number of hydrogen-bond donors (Lipinski definition) is 1. The maximum Gasteiger partial charge on any atom is 0.264 e. The third kappa shape index (κ3) is 3.81. The lowest BCUT2D eigenvalue weighted by molar-refractivity contribution is 0.430. The maximum atomic E-state index is 5.87. The van der Waals surface area contributed by atoms with Gasteiger partial charge in [0.15, 0.2) is 0 Å². The van der Waals surface area contributed by atoms with Gasteiger partial charge < -0.3 is 9.73 Å². The van der Waals surface area contributed by atoms with Gasteiger partial charge in [0.25, 0.3) is 5.22 Å². The number of hydrogen-bond acceptors (Lipinski definition) is 7. The molecule has 2 aromatic rings. The first kappa shape index (κ1) is 14.1. The standard InChI is InChI=1S/C11H14ClN5OS/c1-4-5-13-9-15-8(12)16-10(17-9)19-11-14-6(2)7(3)18-11/h4-5H2,1-3H3,(H,13,15,16,17). The lowest BCUT2D eigenvalue weighted by Gasteiger charge is -2.03. The van der Waals surface area contributed by atoms with E-state index in [-0.39, 0.29) is 5.28 Å². The largest absolute Gasteiger partial charge is 0.436 e. The summed E-state index contributed by atoms with van der Waals surface area (Å²) in [6.45, 7) is 6.59. The van der Waals surface area contributed by atoms with Crippen LogP contribution in [0.5, 0.6) is 0 Å². The molecule has 0 aliphatic carbocycles. The molecule has 0 aromatic carbocycles. The number of nitrogens with one attached hydrogen (secondary N) is 1. The van der Waals surface area contributed by atoms with Gasteiger partial charge in [0, 0.05) is 18.3 Å². The zero-order chi connectivity index (χ0) is 13.8. The summed E-state index contributed by atoms with van der Waals surface area (Å²) in [5.74, 6) is 1.25. The second-order valence-corrected chi connectivity index (χ2v) is 5.12. The van der Waals surface area contributed by atoms with E-state index in [9.17, 15) is 0 Å². The maximum absolute atomic E-state index is 5.87. The average Bonchev–Trinajstić information content (AvgIpc) is 2.65. The minimum absolute atomic E-state index is 0.149. The second-order valence-electron chi connectivity index (χ2n) is 3.86. The summed E-state index contributed by atoms with van der Waals surface area (Å²) in [4.78, 5) is 16.6. The van der Waals surface area contributed by atoms with Crippen LogP contribution < -0.4 is 5.32 Å². The summed E-state index contributed by atoms with van der Waals surface area (Å²) in [7, 11) is 0. The predicted octanol–water partition coefficient (Wildman–Crippen LogP) is 3.10. The van der Waals surface area contributed by atoms with Gasteiger partial charge in [-0.25, -0.2) is 4.98 Å². The topological polar surface area (TPSA) is 76.7 Å². The van der Waals surface area contributed by atoms with Gasteiger partial charge in [-0.3, -0.25) is 0 Å². The first-order valence-electron chi connectivity index (χ1n) is 5.85. The average molecular weight is 300 g/mol. The second kappa shape index (κ2) is 6.21. The molecule has 0 saturated carbocycles. The van der Waals surface area contributed by atoms with Crippen LogP contribution in [0.4, 0.5) is 5.95 Å². The fraction of sp³-hybridized carbons (Fsp3) is 0.455. The Morgan fingerprint density at radius 3 is 2.63 bits per heavy atom. The molecule has 19 heavy (non-hydrogen) atoms. The lowest BCUT2D eigenvalue weighted by Crippen LogP contribution is -2.06. The summed E-state index contributed by atoms with van der Waals surface area (Å²) in [6.07, 6.45) is 0.976. The van der Waals surface area contributed by atoms with E-state index in [1.807, 2.05) is 13.8 Å². The summed E-state index contributed by atoms with van der Waals surface area (Å²) < 4.78 is 5.47. The van der Waals surface area contributed by atoms with Crippen LogP contribution in [0.2, 0.25) is 5.28 Å². The van der Waals surface area contributed by atoms with Crippen molar-refractivity contribution in [2.24, 2.45) is 0 Å². The van der Waals surface area contributed by atoms with Crippen molar-refractivity contribution in [3.05, 3.63) is 16.7 Å². The van der Waals surface area contributed by atoms with E-state index in [1.54, 1.807) is 0 Å². The number of aromatic nitrogens is 4. The van der Waals surface area contributed by atoms with Gasteiger partial charge in [-0.2, -0.15) is 15.0 Å². The number of oxazole rings is 1. The third-order valence-electron chi connectivity index (χ3n) is 2.31. The minimum Gasteiger partial charge on any atom is -0.436 e. The first-order chi connectivity index (χ1) is 9.08. The van der Waals surface area contributed by atoms with E-state index < -0.39 is 0 Å². The molecule has 0 atom stereocenters. The van der Waals surface area contributed by atoms with E-state index in [0.717, 1.165) is 24.4 Å². The molecule has 0 saturated heterocycles. The van der Waals surface area contributed by atoms with Gasteiger partial charge in [0.05, 0.1) is 5.69 Å². The molecule has 0 unspecified atom stereocenters. The van der Waals surface area contributed by atoms with Gasteiger partial charge in [-0.15, -0.1) is 0 Å². The Morgan fingerprint density at radius 1 is 1.21 bits per heavy atom. The van der Waals surface area contributed by atoms with Crippen LogP contribution in [0.25, 0.3) is 0 Å². The molecule has 0 aliphatic heterocycles. The van der Waals surface area contributed by atoms with Crippen molar-refractivity contribution in [1.29, 1.82) is 0 Å². The molecule has 0 amide bonds. The molecular weight excluding hydrogens is 286 g/mol. The van der Waals surface area contributed by atoms with Crippen LogP contribution in [-0.4, -0.2) is 26.5 Å². The monoisotopic (exact) mass is 299 g/mol. The summed E-state index contributed by atoms with van der Waals surface area (Å²) in [5, 5.41) is 4.17. The highest BCUT2D eigenvalue weighted by atomic mass is 35.5. The molecule has 0 fully saturated rings. The van der Waals surface area contributed by atoms with Crippen molar-refractivity contribution in [2.45, 2.75) is 37.6 Å². The molecule has 6 nitrogen and oxygen atoms in total. The molecule has 0 bridgehead atoms. The summed E-state index contributed by atoms with van der Waals surface area (Å²) in [5.41, 5.74) is 0.854. The Hall–Kier alpha value is -1.34. The van der Waals surface area contributed by atoms with Crippen molar-refractivity contribution in [1.82, 2.24) is 19.9 Å². The molecule has 1 N–H and O–H groups in total. The fourth-order valence-electron chi connectivity index (χ4n) is 1.26. The van der Waals surface area contributed by atoms with Crippen LogP contribution >= 0.6 is 23.4 Å². The van der Waals surface area contributed by atoms with Crippen molar-refractivity contribution >= 4 is 29.3 Å². The summed E-state index contributed by atoms with van der Waals surface area (Å²) >= 11 is 7.08. The highest BCUT2D eigenvalue weighted by Gasteiger charge is 2.12. The molecule has 2 heterocycles. The smallest absolute Gasteiger partial charge is 0.264 e. The van der Waals surface area contributed by atoms with Crippen molar-refractivity contribution < 1.29 is 4.42 Å². The fourth-order valence-corrected chi connectivity index (χ4v) is 2.24. The van der Waals surface area contributed by atoms with E-state index in [2.05, 4.69) is 32.2 Å². The summed E-state index contributed by atoms with van der Waals surface area (Å²) in [6, 6.07) is 0. The van der Waals surface area contributed by atoms with Gasteiger partial charge in [-0.1, -0.05) is 6.92 Å². The molecule has 2 rings (SSSR count). The highest BCUT2D eigenvalue weighted by molar-refractivity contribution is 7.98. The Labute approximate surface area is 120 Å². The molecule has 0 radical (unpaired) electrons. The van der Waals surface area contributed by atoms with E-state index in [4.69, 9.17) is 16.0 Å². The van der Waals surface area contributed by atoms with Gasteiger partial charge >= 0.3 is 0 Å². The zero-order valence-corrected chi connectivity index (χ0v) is 12.5. The first-order valence-corrected chi connectivity index (χ1v) is 7.05. The van der Waals surface area contributed by atoms with Crippen LogP contribution in [0.3, 0.4) is 0 Å². The number of rotatable bonds is 5. The van der Waals surface area contributed by atoms with Crippen molar-refractivity contribution in [3.8, 4) is 0 Å². The van der Waals surface area contributed by atoms with Gasteiger partial charge in [0.2, 0.25) is 16.4 Å². The Morgan fingerprint density at radius 2 is 2.00 bits per heavy atom. The van der Waals surface area contributed by atoms with Gasteiger partial charge in [0.1, 0.15) is 5.76 Å². The van der Waals surface area contributed by atoms with Gasteiger partial charge in [-0.05, 0) is 31.9 Å². The van der Waals surface area contributed by atoms with Crippen molar-refractivity contribution in [3.63, 3.8) is 0 Å². The van der Waals surface area contributed by atoms with Crippen LogP contribution in [0.15, 0.2) is 14.8 Å². The molecule has 0 spiro atoms.